The first-order chi connectivity index (χ1) is 9.50. The van der Waals surface area contributed by atoms with Gasteiger partial charge in [-0.1, -0.05) is 0 Å². The van der Waals surface area contributed by atoms with Crippen LogP contribution in [0.15, 0.2) is 42.7 Å². The van der Waals surface area contributed by atoms with Gasteiger partial charge in [0.25, 0.3) is 11.6 Å². The van der Waals surface area contributed by atoms with Gasteiger partial charge in [-0.15, -0.1) is 0 Å². The molecule has 2 rings (SSSR count). The Kier molecular flexibility index (Phi) is 3.60. The van der Waals surface area contributed by atoms with Crippen molar-refractivity contribution in [3.63, 3.8) is 0 Å². The number of carbonyl (C=O) groups excluding carboxylic acids is 1. The van der Waals surface area contributed by atoms with Crippen molar-refractivity contribution in [2.24, 2.45) is 0 Å². The Labute approximate surface area is 114 Å². The number of nitrogen functional groups attached to an aromatic ring is 1. The van der Waals surface area contributed by atoms with Crippen molar-refractivity contribution < 1.29 is 9.72 Å². The Balaban J connectivity index is 2.43. The molecule has 20 heavy (non-hydrogen) atoms. The number of hydrogen-bond acceptors (Lipinski definition) is 5. The molecule has 7 heteroatoms. The highest BCUT2D eigenvalue weighted by Gasteiger charge is 2.23. The van der Waals surface area contributed by atoms with Crippen molar-refractivity contribution in [3.8, 4) is 0 Å². The lowest BCUT2D eigenvalue weighted by atomic mass is 10.1. The van der Waals surface area contributed by atoms with Gasteiger partial charge >= 0.3 is 0 Å². The number of nitrogens with zero attached hydrogens (tertiary/aromatic N) is 3. The van der Waals surface area contributed by atoms with E-state index in [0.717, 1.165) is 0 Å². The monoisotopic (exact) mass is 272 g/mol. The van der Waals surface area contributed by atoms with Crippen molar-refractivity contribution in [2.75, 3.05) is 17.7 Å². The Morgan fingerprint density at radius 1 is 1.30 bits per heavy atom. The van der Waals surface area contributed by atoms with Gasteiger partial charge in [-0.2, -0.15) is 0 Å². The zero-order chi connectivity index (χ0) is 14.7. The summed E-state index contributed by atoms with van der Waals surface area (Å²) in [6.45, 7) is 0. The van der Waals surface area contributed by atoms with Gasteiger partial charge in [-0.3, -0.25) is 19.9 Å². The van der Waals surface area contributed by atoms with Crippen LogP contribution in [0.3, 0.4) is 0 Å². The fourth-order valence-corrected chi connectivity index (χ4v) is 1.75. The molecule has 7 nitrogen and oxygen atoms in total. The minimum Gasteiger partial charge on any atom is -0.399 e. The van der Waals surface area contributed by atoms with Gasteiger partial charge in [0.1, 0.15) is 5.56 Å². The summed E-state index contributed by atoms with van der Waals surface area (Å²) in [5.74, 6) is -0.504. The van der Waals surface area contributed by atoms with Crippen LogP contribution in [-0.2, 0) is 0 Å². The highest BCUT2D eigenvalue weighted by molar-refractivity contribution is 6.08. The number of anilines is 2. The third kappa shape index (κ3) is 2.56. The van der Waals surface area contributed by atoms with Crippen LogP contribution >= 0.6 is 0 Å². The molecule has 2 N–H and O–H groups in total. The molecule has 102 valence electrons. The van der Waals surface area contributed by atoms with Crippen LogP contribution in [-0.4, -0.2) is 22.9 Å². The van der Waals surface area contributed by atoms with Gasteiger partial charge in [0.05, 0.1) is 4.92 Å². The van der Waals surface area contributed by atoms with E-state index in [1.54, 1.807) is 12.1 Å². The first-order valence-electron chi connectivity index (χ1n) is 5.72. The summed E-state index contributed by atoms with van der Waals surface area (Å²) < 4.78 is 0. The van der Waals surface area contributed by atoms with E-state index >= 15 is 0 Å². The fraction of sp³-hybridized carbons (Fsp3) is 0.0769. The van der Waals surface area contributed by atoms with Crippen LogP contribution in [0.5, 0.6) is 0 Å². The SMILES string of the molecule is CN(C(=O)c1cc(N)ccc1[N+](=O)[O-])c1ccncc1. The van der Waals surface area contributed by atoms with E-state index in [-0.39, 0.29) is 11.3 Å². The van der Waals surface area contributed by atoms with Crippen LogP contribution in [0.4, 0.5) is 17.1 Å². The molecular formula is C13H12N4O3. The number of amides is 1. The second-order valence-electron chi connectivity index (χ2n) is 4.10. The van der Waals surface area contributed by atoms with Gasteiger partial charge in [-0.25, -0.2) is 0 Å². The maximum atomic E-state index is 12.4. The molecule has 0 saturated carbocycles. The standard InChI is InChI=1S/C13H12N4O3/c1-16(10-4-6-15-7-5-10)13(18)11-8-9(14)2-3-12(11)17(19)20/h2-8H,14H2,1H3. The minimum absolute atomic E-state index is 0.0469. The van der Waals surface area contributed by atoms with Crippen LogP contribution < -0.4 is 10.6 Å². The lowest BCUT2D eigenvalue weighted by molar-refractivity contribution is -0.385. The predicted octanol–water partition coefficient (Wildman–Crippen LogP) is 1.85. The summed E-state index contributed by atoms with van der Waals surface area (Å²) in [5, 5.41) is 11.0. The Morgan fingerprint density at radius 3 is 2.55 bits per heavy atom. The summed E-state index contributed by atoms with van der Waals surface area (Å²) in [7, 11) is 1.53. The number of carbonyl (C=O) groups is 1. The minimum atomic E-state index is -0.604. The summed E-state index contributed by atoms with van der Waals surface area (Å²) in [4.78, 5) is 27.9. The number of hydrogen-bond donors (Lipinski definition) is 1. The van der Waals surface area contributed by atoms with E-state index in [1.807, 2.05) is 0 Å². The Bertz CT molecular complexity index is 658. The quantitative estimate of drug-likeness (QED) is 0.521. The molecule has 0 aliphatic carbocycles. The topological polar surface area (TPSA) is 102 Å². The van der Waals surface area contributed by atoms with Crippen LogP contribution in [0.25, 0.3) is 0 Å². The van der Waals surface area contributed by atoms with E-state index in [2.05, 4.69) is 4.98 Å². The Morgan fingerprint density at radius 2 is 1.95 bits per heavy atom. The fourth-order valence-electron chi connectivity index (χ4n) is 1.75. The van der Waals surface area contributed by atoms with E-state index in [1.165, 1.54) is 42.5 Å². The van der Waals surface area contributed by atoms with E-state index < -0.39 is 10.8 Å². The molecule has 0 atom stereocenters. The van der Waals surface area contributed by atoms with E-state index in [4.69, 9.17) is 5.73 Å². The lowest BCUT2D eigenvalue weighted by Crippen LogP contribution is -2.27. The summed E-state index contributed by atoms with van der Waals surface area (Å²) >= 11 is 0. The number of benzene rings is 1. The molecule has 0 radical (unpaired) electrons. The van der Waals surface area contributed by atoms with Gasteiger partial charge in [0.15, 0.2) is 0 Å². The smallest absolute Gasteiger partial charge is 0.282 e. The average Bonchev–Trinajstić information content (AvgIpc) is 2.46. The molecule has 0 aliphatic heterocycles. The van der Waals surface area contributed by atoms with Crippen LogP contribution in [0, 0.1) is 10.1 Å². The Hall–Kier alpha value is -2.96. The predicted molar refractivity (Wildman–Crippen MR) is 74.5 cm³/mol. The maximum absolute atomic E-state index is 12.4. The first kappa shape index (κ1) is 13.5. The molecule has 0 saturated heterocycles. The van der Waals surface area contributed by atoms with Crippen molar-refractivity contribution in [2.45, 2.75) is 0 Å². The third-order valence-electron chi connectivity index (χ3n) is 2.80. The maximum Gasteiger partial charge on any atom is 0.282 e. The third-order valence-corrected chi connectivity index (χ3v) is 2.80. The number of pyridine rings is 1. The van der Waals surface area contributed by atoms with Gasteiger partial charge in [0.2, 0.25) is 0 Å². The number of nitrogens with two attached hydrogens (primary N) is 1. The zero-order valence-corrected chi connectivity index (χ0v) is 10.7. The van der Waals surface area contributed by atoms with Crippen molar-refractivity contribution in [3.05, 3.63) is 58.4 Å². The van der Waals surface area contributed by atoms with Crippen molar-refractivity contribution >= 4 is 23.0 Å². The number of rotatable bonds is 3. The molecule has 1 aromatic heterocycles. The second kappa shape index (κ2) is 5.35. The molecule has 2 aromatic rings. The van der Waals surface area contributed by atoms with Gasteiger partial charge in [0, 0.05) is 36.9 Å². The zero-order valence-electron chi connectivity index (χ0n) is 10.7. The van der Waals surface area contributed by atoms with E-state index in [0.29, 0.717) is 11.4 Å². The van der Waals surface area contributed by atoms with Crippen LogP contribution in [0.2, 0.25) is 0 Å². The van der Waals surface area contributed by atoms with E-state index in [9.17, 15) is 14.9 Å². The molecule has 0 bridgehead atoms. The normalized spacial score (nSPS) is 10.1. The lowest BCUT2D eigenvalue weighted by Gasteiger charge is -2.17. The van der Waals surface area contributed by atoms with Gasteiger partial charge in [-0.05, 0) is 24.3 Å². The molecule has 0 unspecified atom stereocenters. The molecule has 1 aromatic carbocycles. The molecule has 0 fully saturated rings. The highest BCUT2D eigenvalue weighted by atomic mass is 16.6. The highest BCUT2D eigenvalue weighted by Crippen LogP contribution is 2.24. The van der Waals surface area contributed by atoms with Crippen molar-refractivity contribution in [1.82, 2.24) is 4.98 Å². The summed E-state index contributed by atoms with van der Waals surface area (Å²) in [6.07, 6.45) is 3.07. The molecule has 1 heterocycles. The molecule has 0 spiro atoms. The number of nitro groups is 1. The largest absolute Gasteiger partial charge is 0.399 e. The van der Waals surface area contributed by atoms with Crippen LogP contribution in [0.1, 0.15) is 10.4 Å². The number of aromatic nitrogens is 1. The summed E-state index contributed by atoms with van der Waals surface area (Å²) in [5.41, 5.74) is 6.16. The molecular weight excluding hydrogens is 260 g/mol. The molecule has 1 amide bonds. The molecule has 0 aliphatic rings. The average molecular weight is 272 g/mol. The number of nitro benzene ring substituents is 1. The second-order valence-corrected chi connectivity index (χ2v) is 4.10. The van der Waals surface area contributed by atoms with Gasteiger partial charge < -0.3 is 10.6 Å². The first-order valence-corrected chi connectivity index (χ1v) is 5.72. The summed E-state index contributed by atoms with van der Waals surface area (Å²) in [6, 6.07) is 7.19. The van der Waals surface area contributed by atoms with Crippen molar-refractivity contribution in [1.29, 1.82) is 0 Å².